The molecule has 3 rings (SSSR count). The fourth-order valence-corrected chi connectivity index (χ4v) is 2.75. The van der Waals surface area contributed by atoms with Crippen LogP contribution in [0.4, 0.5) is 5.69 Å². The molecule has 0 aliphatic carbocycles. The molecule has 0 saturated heterocycles. The van der Waals surface area contributed by atoms with Crippen molar-refractivity contribution in [3.63, 3.8) is 0 Å². The van der Waals surface area contributed by atoms with Gasteiger partial charge >= 0.3 is 5.97 Å². The van der Waals surface area contributed by atoms with Crippen LogP contribution in [0.3, 0.4) is 0 Å². The number of nitrogens with zero attached hydrogens (tertiary/aromatic N) is 3. The maximum absolute atomic E-state index is 11.3. The standard InChI is InChI=1S/C12H9N5O2S/c13-7-3-1-2-6(12(18)19)9(7)20-11-8-10(15-4-14-8)16-5-17-11/h1-5H,13H2,(H,18,19)(H,14,15,16,17). The summed E-state index contributed by atoms with van der Waals surface area (Å²) in [6.07, 6.45) is 2.89. The average molecular weight is 287 g/mol. The quantitative estimate of drug-likeness (QED) is 0.496. The van der Waals surface area contributed by atoms with Crippen molar-refractivity contribution in [1.29, 1.82) is 0 Å². The van der Waals surface area contributed by atoms with Gasteiger partial charge in [-0.2, -0.15) is 0 Å². The van der Waals surface area contributed by atoms with Crippen molar-refractivity contribution < 1.29 is 9.90 Å². The number of imidazole rings is 1. The number of fused-ring (bicyclic) bond motifs is 1. The molecule has 0 amide bonds. The Morgan fingerprint density at radius 3 is 2.95 bits per heavy atom. The first-order chi connectivity index (χ1) is 9.66. The predicted octanol–water partition coefficient (Wildman–Crippen LogP) is 1.78. The molecule has 2 aromatic heterocycles. The monoisotopic (exact) mass is 287 g/mol. The molecule has 0 fully saturated rings. The van der Waals surface area contributed by atoms with Gasteiger partial charge in [-0.3, -0.25) is 0 Å². The van der Waals surface area contributed by atoms with E-state index in [1.165, 1.54) is 30.5 Å². The zero-order valence-corrected chi connectivity index (χ0v) is 10.9. The molecule has 100 valence electrons. The van der Waals surface area contributed by atoms with Crippen LogP contribution in [-0.2, 0) is 0 Å². The number of aromatic amines is 1. The van der Waals surface area contributed by atoms with Gasteiger partial charge in [-0.25, -0.2) is 19.7 Å². The minimum Gasteiger partial charge on any atom is -0.478 e. The number of nitrogens with two attached hydrogens (primary N) is 1. The molecule has 0 aliphatic heterocycles. The van der Waals surface area contributed by atoms with Crippen LogP contribution in [0, 0.1) is 0 Å². The van der Waals surface area contributed by atoms with Gasteiger partial charge in [-0.05, 0) is 12.1 Å². The summed E-state index contributed by atoms with van der Waals surface area (Å²) in [6, 6.07) is 4.76. The average Bonchev–Trinajstić information content (AvgIpc) is 2.90. The Hall–Kier alpha value is -2.61. The lowest BCUT2D eigenvalue weighted by Crippen LogP contribution is -2.02. The van der Waals surface area contributed by atoms with E-state index in [2.05, 4.69) is 19.9 Å². The minimum atomic E-state index is -1.03. The fraction of sp³-hybridized carbons (Fsp3) is 0. The molecular formula is C12H9N5O2S. The lowest BCUT2D eigenvalue weighted by molar-refractivity contribution is 0.0693. The Bertz CT molecular complexity index is 801. The van der Waals surface area contributed by atoms with E-state index in [1.807, 2.05) is 0 Å². The van der Waals surface area contributed by atoms with Crippen LogP contribution in [0.2, 0.25) is 0 Å². The molecule has 0 aliphatic rings. The van der Waals surface area contributed by atoms with Gasteiger partial charge in [-0.1, -0.05) is 17.8 Å². The molecule has 4 N–H and O–H groups in total. The fourth-order valence-electron chi connectivity index (χ4n) is 1.75. The number of nitrogens with one attached hydrogen (secondary N) is 1. The van der Waals surface area contributed by atoms with Gasteiger partial charge in [0.1, 0.15) is 16.9 Å². The topological polar surface area (TPSA) is 118 Å². The third-order valence-electron chi connectivity index (χ3n) is 2.66. The number of rotatable bonds is 3. The second-order valence-corrected chi connectivity index (χ2v) is 4.91. The predicted molar refractivity (Wildman–Crippen MR) is 73.6 cm³/mol. The molecule has 0 spiro atoms. The second kappa shape index (κ2) is 4.82. The number of aromatic carboxylic acids is 1. The lowest BCUT2D eigenvalue weighted by Gasteiger charge is -2.08. The van der Waals surface area contributed by atoms with Gasteiger partial charge in [0.2, 0.25) is 0 Å². The first kappa shape index (κ1) is 12.4. The van der Waals surface area contributed by atoms with Crippen LogP contribution in [-0.4, -0.2) is 31.0 Å². The molecule has 20 heavy (non-hydrogen) atoms. The van der Waals surface area contributed by atoms with E-state index in [4.69, 9.17) is 5.73 Å². The van der Waals surface area contributed by atoms with Crippen molar-refractivity contribution in [2.45, 2.75) is 9.92 Å². The number of hydrogen-bond donors (Lipinski definition) is 3. The Kier molecular flexibility index (Phi) is 2.99. The van der Waals surface area contributed by atoms with E-state index < -0.39 is 5.97 Å². The summed E-state index contributed by atoms with van der Waals surface area (Å²) in [5.74, 6) is -1.03. The summed E-state index contributed by atoms with van der Waals surface area (Å²) in [6.45, 7) is 0. The molecule has 0 bridgehead atoms. The summed E-state index contributed by atoms with van der Waals surface area (Å²) < 4.78 is 0. The normalized spacial score (nSPS) is 10.8. The van der Waals surface area contributed by atoms with Gasteiger partial charge in [0.25, 0.3) is 0 Å². The number of carboxylic acid groups (broad SMARTS) is 1. The first-order valence-electron chi connectivity index (χ1n) is 5.60. The third kappa shape index (κ3) is 2.05. The second-order valence-electron chi connectivity index (χ2n) is 3.91. The highest BCUT2D eigenvalue weighted by Gasteiger charge is 2.16. The van der Waals surface area contributed by atoms with Crippen LogP contribution >= 0.6 is 11.8 Å². The molecule has 0 radical (unpaired) electrons. The summed E-state index contributed by atoms with van der Waals surface area (Å²) in [7, 11) is 0. The summed E-state index contributed by atoms with van der Waals surface area (Å²) >= 11 is 1.18. The number of H-pyrrole nitrogens is 1. The summed E-state index contributed by atoms with van der Waals surface area (Å²) in [4.78, 5) is 26.8. The number of carboxylic acids is 1. The molecule has 7 nitrogen and oxygen atoms in total. The van der Waals surface area contributed by atoms with Crippen LogP contribution < -0.4 is 5.73 Å². The highest BCUT2D eigenvalue weighted by Crippen LogP contribution is 2.35. The van der Waals surface area contributed by atoms with Gasteiger partial charge in [-0.15, -0.1) is 0 Å². The molecule has 2 heterocycles. The van der Waals surface area contributed by atoms with Crippen molar-refractivity contribution in [2.24, 2.45) is 0 Å². The Balaban J connectivity index is 2.12. The molecule has 0 unspecified atom stereocenters. The molecule has 1 aromatic carbocycles. The highest BCUT2D eigenvalue weighted by atomic mass is 32.2. The van der Waals surface area contributed by atoms with E-state index in [9.17, 15) is 9.90 Å². The van der Waals surface area contributed by atoms with Gasteiger partial charge in [0.15, 0.2) is 5.65 Å². The van der Waals surface area contributed by atoms with E-state index in [1.54, 1.807) is 12.1 Å². The number of anilines is 1. The van der Waals surface area contributed by atoms with Gasteiger partial charge in [0, 0.05) is 5.69 Å². The van der Waals surface area contributed by atoms with Crippen LogP contribution in [0.5, 0.6) is 0 Å². The van der Waals surface area contributed by atoms with E-state index in [0.717, 1.165) is 0 Å². The maximum atomic E-state index is 11.3. The molecule has 0 atom stereocenters. The first-order valence-corrected chi connectivity index (χ1v) is 6.42. The van der Waals surface area contributed by atoms with Crippen molar-refractivity contribution in [1.82, 2.24) is 19.9 Å². The number of hydrogen-bond acceptors (Lipinski definition) is 6. The van der Waals surface area contributed by atoms with Crippen LogP contribution in [0.15, 0.2) is 40.8 Å². The minimum absolute atomic E-state index is 0.140. The Morgan fingerprint density at radius 2 is 2.15 bits per heavy atom. The molecule has 3 aromatic rings. The number of carbonyl (C=O) groups is 1. The number of nitrogen functional groups attached to an aromatic ring is 1. The highest BCUT2D eigenvalue weighted by molar-refractivity contribution is 7.99. The Morgan fingerprint density at radius 1 is 1.30 bits per heavy atom. The maximum Gasteiger partial charge on any atom is 0.336 e. The van der Waals surface area contributed by atoms with E-state index in [-0.39, 0.29) is 5.56 Å². The van der Waals surface area contributed by atoms with Gasteiger partial charge < -0.3 is 15.8 Å². The van der Waals surface area contributed by atoms with Gasteiger partial charge in [0.05, 0.1) is 16.8 Å². The zero-order valence-electron chi connectivity index (χ0n) is 10.1. The van der Waals surface area contributed by atoms with E-state index >= 15 is 0 Å². The van der Waals surface area contributed by atoms with Crippen LogP contribution in [0.25, 0.3) is 11.2 Å². The largest absolute Gasteiger partial charge is 0.478 e. The molecular weight excluding hydrogens is 278 g/mol. The third-order valence-corrected chi connectivity index (χ3v) is 3.83. The van der Waals surface area contributed by atoms with Crippen molar-refractivity contribution in [3.8, 4) is 0 Å². The zero-order chi connectivity index (χ0) is 14.1. The number of benzene rings is 1. The van der Waals surface area contributed by atoms with Crippen molar-refractivity contribution in [3.05, 3.63) is 36.4 Å². The lowest BCUT2D eigenvalue weighted by atomic mass is 10.2. The summed E-state index contributed by atoms with van der Waals surface area (Å²) in [5.41, 5.74) is 7.58. The van der Waals surface area contributed by atoms with Crippen molar-refractivity contribution >= 4 is 34.6 Å². The van der Waals surface area contributed by atoms with Crippen LogP contribution in [0.1, 0.15) is 10.4 Å². The number of aromatic nitrogens is 4. The van der Waals surface area contributed by atoms with E-state index in [0.29, 0.717) is 26.8 Å². The molecule has 8 heteroatoms. The van der Waals surface area contributed by atoms with Crippen molar-refractivity contribution in [2.75, 3.05) is 5.73 Å². The summed E-state index contributed by atoms with van der Waals surface area (Å²) in [5, 5.41) is 9.80. The smallest absolute Gasteiger partial charge is 0.336 e. The Labute approximate surface area is 117 Å². The SMILES string of the molecule is Nc1cccc(C(=O)O)c1Sc1ncnc2nc[nH]c12. The molecule has 0 saturated carbocycles.